The predicted molar refractivity (Wildman–Crippen MR) is 56.6 cm³/mol. The van der Waals surface area contributed by atoms with Crippen molar-refractivity contribution in [2.45, 2.75) is 38.6 Å². The van der Waals surface area contributed by atoms with Crippen molar-refractivity contribution in [3.8, 4) is 0 Å². The van der Waals surface area contributed by atoms with Crippen LogP contribution in [-0.2, 0) is 0 Å². The van der Waals surface area contributed by atoms with Gasteiger partial charge >= 0.3 is 0 Å². The van der Waals surface area contributed by atoms with Crippen LogP contribution in [0.25, 0.3) is 0 Å². The molecule has 3 unspecified atom stereocenters. The van der Waals surface area contributed by atoms with Gasteiger partial charge in [0.1, 0.15) is 5.82 Å². The molecule has 1 aliphatic heterocycles. The van der Waals surface area contributed by atoms with E-state index in [4.69, 9.17) is 5.10 Å². The topological polar surface area (TPSA) is 29.9 Å². The van der Waals surface area contributed by atoms with E-state index in [2.05, 4.69) is 29.9 Å². The first kappa shape index (κ1) is 8.33. The van der Waals surface area contributed by atoms with E-state index >= 15 is 0 Å². The Bertz CT molecular complexity index is 355. The average molecular weight is 191 g/mol. The van der Waals surface area contributed by atoms with E-state index in [-0.39, 0.29) is 0 Å². The predicted octanol–water partition coefficient (Wildman–Crippen LogP) is 2.38. The zero-order valence-corrected chi connectivity index (χ0v) is 8.83. The molecule has 14 heavy (non-hydrogen) atoms. The Labute approximate surface area is 84.5 Å². The van der Waals surface area contributed by atoms with E-state index < -0.39 is 0 Å². The standard InChI is InChI=1S/C11H17N3/c1-7-5-9(7)10-6-11-12-4-3-8(2)14(11)13-10/h6-9,12H,3-5H2,1-2H3. The third kappa shape index (κ3) is 1.15. The van der Waals surface area contributed by atoms with Gasteiger partial charge in [-0.1, -0.05) is 6.92 Å². The largest absolute Gasteiger partial charge is 0.370 e. The van der Waals surface area contributed by atoms with E-state index in [1.807, 2.05) is 0 Å². The van der Waals surface area contributed by atoms with E-state index in [0.717, 1.165) is 18.4 Å². The molecule has 0 aromatic carbocycles. The second-order valence-corrected chi connectivity index (χ2v) is 4.78. The molecule has 1 fully saturated rings. The van der Waals surface area contributed by atoms with Crippen LogP contribution in [0.15, 0.2) is 6.07 Å². The third-order valence-corrected chi connectivity index (χ3v) is 3.53. The average Bonchev–Trinajstić information content (AvgIpc) is 2.75. The molecule has 0 amide bonds. The molecular weight excluding hydrogens is 174 g/mol. The fourth-order valence-electron chi connectivity index (χ4n) is 2.33. The summed E-state index contributed by atoms with van der Waals surface area (Å²) >= 11 is 0. The molecule has 0 saturated heterocycles. The Morgan fingerprint density at radius 1 is 1.50 bits per heavy atom. The Hall–Kier alpha value is -0.990. The van der Waals surface area contributed by atoms with Crippen molar-refractivity contribution in [2.24, 2.45) is 5.92 Å². The number of aromatic nitrogens is 2. The molecular formula is C11H17N3. The SMILES string of the molecule is CC1CC1c1cc2n(n1)C(C)CCN2. The highest BCUT2D eigenvalue weighted by Gasteiger charge is 2.37. The second kappa shape index (κ2) is 2.75. The first-order chi connectivity index (χ1) is 6.75. The summed E-state index contributed by atoms with van der Waals surface area (Å²) in [4.78, 5) is 0. The Morgan fingerprint density at radius 3 is 2.93 bits per heavy atom. The quantitative estimate of drug-likeness (QED) is 0.738. The maximum atomic E-state index is 4.70. The highest BCUT2D eigenvalue weighted by atomic mass is 15.4. The molecule has 2 heterocycles. The van der Waals surface area contributed by atoms with Crippen molar-refractivity contribution in [3.05, 3.63) is 11.8 Å². The minimum atomic E-state index is 0.564. The van der Waals surface area contributed by atoms with Gasteiger partial charge in [0, 0.05) is 18.5 Å². The lowest BCUT2D eigenvalue weighted by molar-refractivity contribution is 0.449. The van der Waals surface area contributed by atoms with Crippen molar-refractivity contribution in [2.75, 3.05) is 11.9 Å². The van der Waals surface area contributed by atoms with Crippen LogP contribution >= 0.6 is 0 Å². The fourth-order valence-corrected chi connectivity index (χ4v) is 2.33. The summed E-state index contributed by atoms with van der Waals surface area (Å²) in [5.74, 6) is 2.81. The molecule has 2 aliphatic rings. The first-order valence-corrected chi connectivity index (χ1v) is 5.59. The van der Waals surface area contributed by atoms with Crippen molar-refractivity contribution in [1.82, 2.24) is 9.78 Å². The van der Waals surface area contributed by atoms with Gasteiger partial charge < -0.3 is 5.32 Å². The highest BCUT2D eigenvalue weighted by molar-refractivity contribution is 5.41. The number of nitrogens with one attached hydrogen (secondary N) is 1. The van der Waals surface area contributed by atoms with Crippen LogP contribution in [0.4, 0.5) is 5.82 Å². The Balaban J connectivity index is 1.94. The van der Waals surface area contributed by atoms with E-state index in [0.29, 0.717) is 6.04 Å². The summed E-state index contributed by atoms with van der Waals surface area (Å²) in [5.41, 5.74) is 1.30. The summed E-state index contributed by atoms with van der Waals surface area (Å²) in [6, 6.07) is 2.80. The minimum absolute atomic E-state index is 0.564. The van der Waals surface area contributed by atoms with Gasteiger partial charge in [0.15, 0.2) is 0 Å². The molecule has 1 aromatic rings. The van der Waals surface area contributed by atoms with Gasteiger partial charge in [0.05, 0.1) is 11.7 Å². The van der Waals surface area contributed by atoms with Crippen LogP contribution in [0.5, 0.6) is 0 Å². The van der Waals surface area contributed by atoms with Gasteiger partial charge in [0.2, 0.25) is 0 Å². The Morgan fingerprint density at radius 2 is 2.29 bits per heavy atom. The molecule has 76 valence electrons. The van der Waals surface area contributed by atoms with Crippen LogP contribution in [0.1, 0.15) is 44.3 Å². The zero-order chi connectivity index (χ0) is 9.71. The van der Waals surface area contributed by atoms with Gasteiger partial charge in [0.25, 0.3) is 0 Å². The van der Waals surface area contributed by atoms with Crippen molar-refractivity contribution in [1.29, 1.82) is 0 Å². The molecule has 3 nitrogen and oxygen atoms in total. The lowest BCUT2D eigenvalue weighted by atomic mass is 10.2. The number of anilines is 1. The van der Waals surface area contributed by atoms with Gasteiger partial charge in [-0.05, 0) is 25.7 Å². The maximum absolute atomic E-state index is 4.70. The van der Waals surface area contributed by atoms with E-state index in [1.165, 1.54) is 24.4 Å². The van der Waals surface area contributed by atoms with E-state index in [1.54, 1.807) is 0 Å². The van der Waals surface area contributed by atoms with Gasteiger partial charge in [-0.3, -0.25) is 0 Å². The summed E-state index contributed by atoms with van der Waals surface area (Å²) in [5, 5.41) is 8.11. The second-order valence-electron chi connectivity index (χ2n) is 4.78. The molecule has 1 aromatic heterocycles. The maximum Gasteiger partial charge on any atom is 0.124 e. The summed E-state index contributed by atoms with van der Waals surface area (Å²) in [6.07, 6.45) is 2.51. The molecule has 0 radical (unpaired) electrons. The van der Waals surface area contributed by atoms with Crippen LogP contribution in [0.3, 0.4) is 0 Å². The van der Waals surface area contributed by atoms with Crippen molar-refractivity contribution >= 4 is 5.82 Å². The summed E-state index contributed by atoms with van der Waals surface area (Å²) in [7, 11) is 0. The monoisotopic (exact) mass is 191 g/mol. The number of hydrogen-bond acceptors (Lipinski definition) is 2. The zero-order valence-electron chi connectivity index (χ0n) is 8.83. The summed E-state index contributed by atoms with van der Waals surface area (Å²) < 4.78 is 2.16. The van der Waals surface area contributed by atoms with Gasteiger partial charge in [-0.15, -0.1) is 0 Å². The molecule has 1 aliphatic carbocycles. The van der Waals surface area contributed by atoms with Crippen molar-refractivity contribution < 1.29 is 0 Å². The van der Waals surface area contributed by atoms with Crippen LogP contribution in [0, 0.1) is 5.92 Å². The van der Waals surface area contributed by atoms with Gasteiger partial charge in [-0.2, -0.15) is 5.10 Å². The lowest BCUT2D eigenvalue weighted by Gasteiger charge is -2.21. The van der Waals surface area contributed by atoms with Crippen molar-refractivity contribution in [3.63, 3.8) is 0 Å². The lowest BCUT2D eigenvalue weighted by Crippen LogP contribution is -2.21. The molecule has 0 bridgehead atoms. The van der Waals surface area contributed by atoms with Gasteiger partial charge in [-0.25, -0.2) is 4.68 Å². The van der Waals surface area contributed by atoms with Crippen LogP contribution in [-0.4, -0.2) is 16.3 Å². The van der Waals surface area contributed by atoms with Crippen LogP contribution < -0.4 is 5.32 Å². The van der Waals surface area contributed by atoms with Crippen LogP contribution in [0.2, 0.25) is 0 Å². The molecule has 3 atom stereocenters. The fraction of sp³-hybridized carbons (Fsp3) is 0.727. The first-order valence-electron chi connectivity index (χ1n) is 5.59. The normalized spacial score (nSPS) is 34.9. The molecule has 3 rings (SSSR count). The van der Waals surface area contributed by atoms with E-state index in [9.17, 15) is 0 Å². The number of hydrogen-bond donors (Lipinski definition) is 1. The molecule has 1 N–H and O–H groups in total. The third-order valence-electron chi connectivity index (χ3n) is 3.53. The highest BCUT2D eigenvalue weighted by Crippen LogP contribution is 2.47. The number of rotatable bonds is 1. The number of fused-ring (bicyclic) bond motifs is 1. The number of nitrogens with zero attached hydrogens (tertiary/aromatic N) is 2. The smallest absolute Gasteiger partial charge is 0.124 e. The molecule has 1 saturated carbocycles. The molecule has 0 spiro atoms. The molecule has 3 heteroatoms. The Kier molecular flexibility index (Phi) is 1.64. The minimum Gasteiger partial charge on any atom is -0.370 e. The summed E-state index contributed by atoms with van der Waals surface area (Å²) in [6.45, 7) is 5.64.